The first-order valence-electron chi connectivity index (χ1n) is 12.4. The molecule has 3 fully saturated rings. The normalized spacial score (nSPS) is 29.8. The summed E-state index contributed by atoms with van der Waals surface area (Å²) in [6.45, 7) is 14.6. The molecule has 5 atom stereocenters. The Morgan fingerprint density at radius 3 is 2.62 bits per heavy atom. The van der Waals surface area contributed by atoms with Crippen molar-refractivity contribution in [2.45, 2.75) is 80.9 Å². The Balaban J connectivity index is 1.94. The molecule has 2 bridgehead atoms. The van der Waals surface area contributed by atoms with Gasteiger partial charge in [-0.2, -0.15) is 0 Å². The zero-order chi connectivity index (χ0) is 25.1. The van der Waals surface area contributed by atoms with E-state index in [9.17, 15) is 19.5 Å². The van der Waals surface area contributed by atoms with E-state index in [1.165, 1.54) is 0 Å². The van der Waals surface area contributed by atoms with Gasteiger partial charge in [0.05, 0.1) is 23.2 Å². The molecule has 1 N–H and O–H groups in total. The summed E-state index contributed by atoms with van der Waals surface area (Å²) in [5.41, 5.74) is -0.440. The summed E-state index contributed by atoms with van der Waals surface area (Å²) in [4.78, 5) is 44.6. The highest BCUT2D eigenvalue weighted by molar-refractivity contribution is 8.02. The molecule has 2 amide bonds. The van der Waals surface area contributed by atoms with Crippen molar-refractivity contribution in [3.63, 3.8) is 0 Å². The second kappa shape index (κ2) is 10.9. The van der Waals surface area contributed by atoms with Gasteiger partial charge in [0.25, 0.3) is 0 Å². The van der Waals surface area contributed by atoms with Crippen LogP contribution in [-0.2, 0) is 19.1 Å². The van der Waals surface area contributed by atoms with Crippen LogP contribution in [0.2, 0.25) is 0 Å². The summed E-state index contributed by atoms with van der Waals surface area (Å²) >= 11 is 1.66. The van der Waals surface area contributed by atoms with Gasteiger partial charge in [0.2, 0.25) is 11.8 Å². The number of fused-ring (bicyclic) bond motifs is 1. The molecule has 0 aromatic heterocycles. The summed E-state index contributed by atoms with van der Waals surface area (Å²) < 4.78 is 4.97. The molecule has 0 radical (unpaired) electrons. The number of carbonyl (C=O) groups excluding carboxylic acids is 3. The van der Waals surface area contributed by atoms with Crippen LogP contribution in [0.5, 0.6) is 0 Å². The van der Waals surface area contributed by atoms with E-state index in [-0.39, 0.29) is 29.6 Å². The Hall–Kier alpha value is -1.80. The smallest absolute Gasteiger partial charge is 0.310 e. The van der Waals surface area contributed by atoms with Crippen molar-refractivity contribution in [3.8, 4) is 0 Å². The van der Waals surface area contributed by atoms with Gasteiger partial charge >= 0.3 is 5.97 Å². The predicted octanol–water partition coefficient (Wildman–Crippen LogP) is 3.17. The predicted molar refractivity (Wildman–Crippen MR) is 134 cm³/mol. The van der Waals surface area contributed by atoms with E-state index in [4.69, 9.17) is 4.74 Å². The van der Waals surface area contributed by atoms with Crippen LogP contribution in [0.1, 0.15) is 59.3 Å². The second-order valence-electron chi connectivity index (χ2n) is 10.5. The highest BCUT2D eigenvalue weighted by Gasteiger charge is 2.74. The number of nitrogens with zero attached hydrogens (tertiary/aromatic N) is 2. The van der Waals surface area contributed by atoms with E-state index >= 15 is 0 Å². The van der Waals surface area contributed by atoms with Gasteiger partial charge < -0.3 is 19.6 Å². The average Bonchev–Trinajstić information content (AvgIpc) is 3.41. The van der Waals surface area contributed by atoms with Crippen LogP contribution in [0.15, 0.2) is 25.3 Å². The number of carbonyl (C=O) groups is 3. The van der Waals surface area contributed by atoms with Gasteiger partial charge in [0.15, 0.2) is 0 Å². The summed E-state index contributed by atoms with van der Waals surface area (Å²) in [7, 11) is 0. The second-order valence-corrected chi connectivity index (χ2v) is 12.1. The van der Waals surface area contributed by atoms with Crippen molar-refractivity contribution in [2.24, 2.45) is 11.8 Å². The molecule has 34 heavy (non-hydrogen) atoms. The quantitative estimate of drug-likeness (QED) is 0.256. The number of likely N-dealkylation sites (tertiary alicyclic amines) is 1. The number of aliphatic hydroxyl groups is 1. The Bertz CT molecular complexity index is 810. The van der Waals surface area contributed by atoms with Crippen molar-refractivity contribution < 1.29 is 24.2 Å². The molecular weight excluding hydrogens is 452 g/mol. The van der Waals surface area contributed by atoms with Crippen LogP contribution in [-0.4, -0.2) is 80.6 Å². The van der Waals surface area contributed by atoms with Gasteiger partial charge in [-0.25, -0.2) is 0 Å². The van der Waals surface area contributed by atoms with Crippen molar-refractivity contribution in [1.82, 2.24) is 9.80 Å². The van der Waals surface area contributed by atoms with Crippen LogP contribution < -0.4 is 0 Å². The lowest BCUT2D eigenvalue weighted by atomic mass is 9.71. The van der Waals surface area contributed by atoms with Gasteiger partial charge in [0, 0.05) is 30.5 Å². The Kier molecular flexibility index (Phi) is 8.56. The molecule has 3 aliphatic rings. The number of aliphatic hydroxyl groups excluding tert-OH is 1. The maximum absolute atomic E-state index is 14.1. The Morgan fingerprint density at radius 1 is 1.26 bits per heavy atom. The maximum atomic E-state index is 14.1. The van der Waals surface area contributed by atoms with Crippen LogP contribution in [0.4, 0.5) is 0 Å². The van der Waals surface area contributed by atoms with Gasteiger partial charge in [-0.3, -0.25) is 14.4 Å². The monoisotopic (exact) mass is 492 g/mol. The molecule has 0 aliphatic carbocycles. The van der Waals surface area contributed by atoms with Crippen LogP contribution >= 0.6 is 11.8 Å². The van der Waals surface area contributed by atoms with Gasteiger partial charge in [0.1, 0.15) is 6.04 Å². The lowest BCUT2D eigenvalue weighted by molar-refractivity contribution is -0.154. The Labute approximate surface area is 208 Å². The molecule has 190 valence electrons. The van der Waals surface area contributed by atoms with Crippen molar-refractivity contribution in [1.29, 1.82) is 0 Å². The standard InChI is InChI=1S/C26H40N2O5S/c1-6-8-11-17-33-24(32)19-18-12-13-26(34-18)20(19)22(30)27(15-9-10-16-29)21(26)23(31)28(14-7-2)25(3,4)5/h6-7,18-21,29H,1-2,8-17H2,3-5H3/t18-,19+,20+,21?,26?/m1/s1. The van der Waals surface area contributed by atoms with E-state index < -0.39 is 28.2 Å². The minimum atomic E-state index is -0.628. The number of allylic oxidation sites excluding steroid dienone is 1. The lowest BCUT2D eigenvalue weighted by Crippen LogP contribution is -2.58. The number of thioether (sulfide) groups is 1. The molecule has 1 spiro atoms. The fourth-order valence-corrected chi connectivity index (χ4v) is 8.00. The summed E-state index contributed by atoms with van der Waals surface area (Å²) in [6.07, 6.45) is 7.68. The van der Waals surface area contributed by atoms with E-state index in [2.05, 4.69) is 13.2 Å². The number of ether oxygens (including phenoxy) is 1. The number of hydrogen-bond acceptors (Lipinski definition) is 6. The number of amides is 2. The molecule has 0 aromatic rings. The minimum absolute atomic E-state index is 0.00163. The van der Waals surface area contributed by atoms with Crippen molar-refractivity contribution >= 4 is 29.5 Å². The molecule has 8 heteroatoms. The minimum Gasteiger partial charge on any atom is -0.465 e. The van der Waals surface area contributed by atoms with Gasteiger partial charge in [-0.15, -0.1) is 24.9 Å². The molecule has 7 nitrogen and oxygen atoms in total. The third-order valence-corrected chi connectivity index (χ3v) is 9.25. The summed E-state index contributed by atoms with van der Waals surface area (Å²) in [6, 6.07) is -0.628. The molecule has 2 unspecified atom stereocenters. The van der Waals surface area contributed by atoms with E-state index in [0.717, 1.165) is 19.3 Å². The molecule has 3 rings (SSSR count). The SMILES string of the molecule is C=CCCCOC(=O)[C@@H]1[C@H]2C(=O)N(CCCCO)C(C(=O)N(CC=C)C(C)(C)C)C23CC[C@H]1S3. The van der Waals surface area contributed by atoms with Crippen molar-refractivity contribution in [2.75, 3.05) is 26.3 Å². The van der Waals surface area contributed by atoms with Crippen molar-refractivity contribution in [3.05, 3.63) is 25.3 Å². The zero-order valence-electron chi connectivity index (χ0n) is 20.8. The van der Waals surface area contributed by atoms with E-state index in [1.807, 2.05) is 20.8 Å². The lowest BCUT2D eigenvalue weighted by Gasteiger charge is -2.42. The van der Waals surface area contributed by atoms with E-state index in [1.54, 1.807) is 33.7 Å². The highest BCUT2D eigenvalue weighted by Crippen LogP contribution is 2.66. The van der Waals surface area contributed by atoms with Gasteiger partial charge in [-0.1, -0.05) is 12.2 Å². The van der Waals surface area contributed by atoms with Crippen LogP contribution in [0.3, 0.4) is 0 Å². The first kappa shape index (κ1) is 26.8. The fourth-order valence-electron chi connectivity index (χ4n) is 5.80. The first-order chi connectivity index (χ1) is 16.1. The number of hydrogen-bond donors (Lipinski definition) is 1. The summed E-state index contributed by atoms with van der Waals surface area (Å²) in [5.74, 6) is -1.58. The fraction of sp³-hybridized carbons (Fsp3) is 0.731. The Morgan fingerprint density at radius 2 is 2.00 bits per heavy atom. The number of rotatable bonds is 12. The third kappa shape index (κ3) is 4.81. The molecule has 3 saturated heterocycles. The zero-order valence-corrected chi connectivity index (χ0v) is 21.6. The summed E-state index contributed by atoms with van der Waals surface area (Å²) in [5, 5.41) is 9.28. The maximum Gasteiger partial charge on any atom is 0.310 e. The number of unbranched alkanes of at least 4 members (excludes halogenated alkanes) is 2. The number of esters is 1. The highest BCUT2D eigenvalue weighted by atomic mass is 32.2. The molecule has 0 aromatic carbocycles. The largest absolute Gasteiger partial charge is 0.465 e. The first-order valence-corrected chi connectivity index (χ1v) is 13.3. The third-order valence-electron chi connectivity index (χ3n) is 7.30. The molecular formula is C26H40N2O5S. The average molecular weight is 493 g/mol. The van der Waals surface area contributed by atoms with Crippen LogP contribution in [0.25, 0.3) is 0 Å². The van der Waals surface area contributed by atoms with Crippen LogP contribution in [0, 0.1) is 11.8 Å². The molecule has 3 heterocycles. The topological polar surface area (TPSA) is 87.1 Å². The van der Waals surface area contributed by atoms with E-state index in [0.29, 0.717) is 39.0 Å². The molecule has 0 saturated carbocycles. The van der Waals surface area contributed by atoms with Gasteiger partial charge in [-0.05, 0) is 59.3 Å². The molecule has 3 aliphatic heterocycles.